The number of ether oxygens (including phenoxy) is 1. The van der Waals surface area contributed by atoms with Crippen molar-refractivity contribution in [3.63, 3.8) is 0 Å². The van der Waals surface area contributed by atoms with Crippen molar-refractivity contribution in [3.05, 3.63) is 0 Å². The molecule has 124 valence electrons. The summed E-state index contributed by atoms with van der Waals surface area (Å²) in [6.45, 7) is 13.0. The first-order valence-corrected chi connectivity index (χ1v) is 7.84. The summed E-state index contributed by atoms with van der Waals surface area (Å²) < 4.78 is 5.71. The summed E-state index contributed by atoms with van der Waals surface area (Å²) in [4.78, 5) is 14.8. The van der Waals surface area contributed by atoms with Crippen molar-refractivity contribution < 1.29 is 9.53 Å². The van der Waals surface area contributed by atoms with Crippen LogP contribution in [0.3, 0.4) is 0 Å². The minimum absolute atomic E-state index is 0. The molecule has 0 radical (unpaired) electrons. The number of carbonyl (C=O) groups is 1. The summed E-state index contributed by atoms with van der Waals surface area (Å²) in [6.07, 6.45) is 2.86. The van der Waals surface area contributed by atoms with E-state index >= 15 is 0 Å². The fourth-order valence-electron chi connectivity index (χ4n) is 3.40. The van der Waals surface area contributed by atoms with Gasteiger partial charge in [0.1, 0.15) is 5.54 Å². The van der Waals surface area contributed by atoms with Gasteiger partial charge in [0.05, 0.1) is 6.10 Å². The SMILES string of the molecule is CCOC1CC(N)(C(=O)N2CCC(C)(C)CC2)C1(C)C.Cl. The normalized spacial score (nSPS) is 33.8. The molecule has 2 N–H and O–H groups in total. The monoisotopic (exact) mass is 318 g/mol. The average Bonchev–Trinajstić information content (AvgIpc) is 2.37. The van der Waals surface area contributed by atoms with Gasteiger partial charge >= 0.3 is 0 Å². The average molecular weight is 319 g/mol. The van der Waals surface area contributed by atoms with E-state index in [0.29, 0.717) is 18.4 Å². The third-order valence-corrected chi connectivity index (χ3v) is 5.62. The zero-order valence-electron chi connectivity index (χ0n) is 14.1. The molecule has 0 spiro atoms. The zero-order chi connectivity index (χ0) is 15.2. The summed E-state index contributed by atoms with van der Waals surface area (Å²) in [5, 5.41) is 0. The van der Waals surface area contributed by atoms with Crippen molar-refractivity contribution in [1.29, 1.82) is 0 Å². The van der Waals surface area contributed by atoms with Gasteiger partial charge in [0, 0.05) is 31.5 Å². The highest BCUT2D eigenvalue weighted by atomic mass is 35.5. The van der Waals surface area contributed by atoms with E-state index in [9.17, 15) is 4.79 Å². The van der Waals surface area contributed by atoms with Gasteiger partial charge in [-0.05, 0) is 25.2 Å². The van der Waals surface area contributed by atoms with Crippen LogP contribution in [0.25, 0.3) is 0 Å². The van der Waals surface area contributed by atoms with Gasteiger partial charge in [0.15, 0.2) is 0 Å². The summed E-state index contributed by atoms with van der Waals surface area (Å²) in [5.74, 6) is 0.119. The number of nitrogens with zero attached hydrogens (tertiary/aromatic N) is 1. The maximum Gasteiger partial charge on any atom is 0.243 e. The fraction of sp³-hybridized carbons (Fsp3) is 0.938. The molecule has 2 rings (SSSR count). The second-order valence-corrected chi connectivity index (χ2v) is 7.80. The van der Waals surface area contributed by atoms with Gasteiger partial charge in [0.25, 0.3) is 0 Å². The van der Waals surface area contributed by atoms with Gasteiger partial charge in [-0.1, -0.05) is 27.7 Å². The minimum Gasteiger partial charge on any atom is -0.378 e. The maximum atomic E-state index is 12.8. The van der Waals surface area contributed by atoms with Crippen LogP contribution >= 0.6 is 12.4 Å². The standard InChI is InChI=1S/C16H30N2O2.ClH/c1-6-20-12-11-16(17,15(12,4)5)13(19)18-9-7-14(2,3)8-10-18;/h12H,6-11,17H2,1-5H3;1H. The topological polar surface area (TPSA) is 55.6 Å². The summed E-state index contributed by atoms with van der Waals surface area (Å²) >= 11 is 0. The lowest BCUT2D eigenvalue weighted by molar-refractivity contribution is -0.180. The van der Waals surface area contributed by atoms with Crippen molar-refractivity contribution in [2.75, 3.05) is 19.7 Å². The van der Waals surface area contributed by atoms with E-state index in [0.717, 1.165) is 25.9 Å². The van der Waals surface area contributed by atoms with E-state index < -0.39 is 5.54 Å². The molecule has 0 aromatic carbocycles. The largest absolute Gasteiger partial charge is 0.378 e. The molecule has 1 amide bonds. The first-order valence-electron chi connectivity index (χ1n) is 7.84. The quantitative estimate of drug-likeness (QED) is 0.870. The maximum absolute atomic E-state index is 12.8. The second-order valence-electron chi connectivity index (χ2n) is 7.80. The number of nitrogens with two attached hydrogens (primary N) is 1. The molecule has 1 heterocycles. The summed E-state index contributed by atoms with van der Waals surface area (Å²) in [7, 11) is 0. The van der Waals surface area contributed by atoms with Gasteiger partial charge in [0.2, 0.25) is 5.91 Å². The fourth-order valence-corrected chi connectivity index (χ4v) is 3.40. The highest BCUT2D eigenvalue weighted by Gasteiger charge is 2.63. The van der Waals surface area contributed by atoms with E-state index in [4.69, 9.17) is 10.5 Å². The van der Waals surface area contributed by atoms with Crippen molar-refractivity contribution >= 4 is 18.3 Å². The highest BCUT2D eigenvalue weighted by molar-refractivity contribution is 5.89. The molecule has 0 bridgehead atoms. The Morgan fingerprint density at radius 1 is 1.24 bits per heavy atom. The molecule has 2 aliphatic rings. The molecule has 4 nitrogen and oxygen atoms in total. The van der Waals surface area contributed by atoms with E-state index in [1.54, 1.807) is 0 Å². The van der Waals surface area contributed by atoms with Gasteiger partial charge < -0.3 is 15.4 Å². The number of hydrogen-bond donors (Lipinski definition) is 1. The van der Waals surface area contributed by atoms with Crippen molar-refractivity contribution in [2.45, 2.75) is 65.5 Å². The third-order valence-electron chi connectivity index (χ3n) is 5.62. The molecule has 0 aromatic rings. The Bertz CT molecular complexity index is 388. The predicted molar refractivity (Wildman–Crippen MR) is 87.6 cm³/mol. The van der Waals surface area contributed by atoms with E-state index in [2.05, 4.69) is 27.7 Å². The number of piperidine rings is 1. The number of rotatable bonds is 3. The van der Waals surface area contributed by atoms with Gasteiger partial charge in [-0.2, -0.15) is 0 Å². The van der Waals surface area contributed by atoms with E-state index in [-0.39, 0.29) is 29.8 Å². The first kappa shape index (κ1) is 18.7. The van der Waals surface area contributed by atoms with Crippen LogP contribution in [-0.4, -0.2) is 42.1 Å². The Labute approximate surface area is 135 Å². The third kappa shape index (κ3) is 3.08. The van der Waals surface area contributed by atoms with Gasteiger partial charge in [-0.25, -0.2) is 0 Å². The molecular formula is C16H31ClN2O2. The first-order chi connectivity index (χ1) is 9.14. The minimum atomic E-state index is -0.756. The van der Waals surface area contributed by atoms with Crippen molar-refractivity contribution in [1.82, 2.24) is 4.90 Å². The zero-order valence-corrected chi connectivity index (χ0v) is 14.9. The van der Waals surface area contributed by atoms with Gasteiger partial charge in [-0.15, -0.1) is 12.4 Å². The number of hydrogen-bond acceptors (Lipinski definition) is 3. The summed E-state index contributed by atoms with van der Waals surface area (Å²) in [6, 6.07) is 0. The van der Waals surface area contributed by atoms with Crippen LogP contribution in [0.1, 0.15) is 53.9 Å². The molecule has 5 heteroatoms. The lowest BCUT2D eigenvalue weighted by Crippen LogP contribution is -2.76. The van der Waals surface area contributed by atoms with Crippen molar-refractivity contribution in [3.8, 4) is 0 Å². The van der Waals surface area contributed by atoms with Crippen LogP contribution in [0.2, 0.25) is 0 Å². The molecular weight excluding hydrogens is 288 g/mol. The Hall–Kier alpha value is -0.320. The van der Waals surface area contributed by atoms with Crippen LogP contribution in [0, 0.1) is 10.8 Å². The lowest BCUT2D eigenvalue weighted by Gasteiger charge is -2.59. The molecule has 1 saturated heterocycles. The molecule has 2 unspecified atom stereocenters. The molecule has 2 fully saturated rings. The second kappa shape index (κ2) is 6.05. The van der Waals surface area contributed by atoms with Crippen LogP contribution in [-0.2, 0) is 9.53 Å². The molecule has 1 saturated carbocycles. The lowest BCUT2D eigenvalue weighted by atomic mass is 9.54. The number of halogens is 1. The van der Waals surface area contributed by atoms with E-state index in [1.807, 2.05) is 11.8 Å². The van der Waals surface area contributed by atoms with Crippen LogP contribution < -0.4 is 5.73 Å². The van der Waals surface area contributed by atoms with Crippen molar-refractivity contribution in [2.24, 2.45) is 16.6 Å². The molecule has 21 heavy (non-hydrogen) atoms. The Balaban J connectivity index is 0.00000220. The Kier molecular flexibility index (Phi) is 5.40. The highest BCUT2D eigenvalue weighted by Crippen LogP contribution is 2.51. The van der Waals surface area contributed by atoms with Crippen LogP contribution in [0.4, 0.5) is 0 Å². The number of amides is 1. The number of likely N-dealkylation sites (tertiary alicyclic amines) is 1. The van der Waals surface area contributed by atoms with E-state index in [1.165, 1.54) is 0 Å². The van der Waals surface area contributed by atoms with Gasteiger partial charge in [-0.3, -0.25) is 4.79 Å². The molecule has 1 aliphatic carbocycles. The van der Waals surface area contributed by atoms with Crippen LogP contribution in [0.15, 0.2) is 0 Å². The Morgan fingerprint density at radius 2 is 1.76 bits per heavy atom. The number of carbonyl (C=O) groups excluding carboxylic acids is 1. The summed E-state index contributed by atoms with van der Waals surface area (Å²) in [5.41, 5.74) is 5.78. The predicted octanol–water partition coefficient (Wildman–Crippen LogP) is 2.59. The molecule has 1 aliphatic heterocycles. The Morgan fingerprint density at radius 3 is 2.19 bits per heavy atom. The molecule has 2 atom stereocenters. The van der Waals surface area contributed by atoms with Crippen LogP contribution in [0.5, 0.6) is 0 Å². The smallest absolute Gasteiger partial charge is 0.243 e. The molecule has 0 aromatic heterocycles.